The minimum Gasteiger partial charge on any atom is -0.480 e. The van der Waals surface area contributed by atoms with E-state index < -0.39 is 6.10 Å². The van der Waals surface area contributed by atoms with Crippen LogP contribution in [0, 0.1) is 5.92 Å². The van der Waals surface area contributed by atoms with E-state index in [1.54, 1.807) is 24.4 Å². The minimum atomic E-state index is -0.512. The van der Waals surface area contributed by atoms with Crippen molar-refractivity contribution in [3.05, 3.63) is 60.0 Å². The maximum atomic E-state index is 12.7. The molecule has 7 heteroatoms. The lowest BCUT2D eigenvalue weighted by molar-refractivity contribution is -0.130. The smallest absolute Gasteiger partial charge is 0.235 e. The van der Waals surface area contributed by atoms with E-state index in [-0.39, 0.29) is 11.8 Å². The van der Waals surface area contributed by atoms with Crippen LogP contribution in [-0.4, -0.2) is 57.2 Å². The molecule has 1 aromatic carbocycles. The zero-order valence-electron chi connectivity index (χ0n) is 16.4. The highest BCUT2D eigenvalue weighted by molar-refractivity contribution is 5.77. The van der Waals surface area contributed by atoms with E-state index in [1.807, 2.05) is 36.4 Å². The van der Waals surface area contributed by atoms with Crippen LogP contribution >= 0.6 is 0 Å². The van der Waals surface area contributed by atoms with Crippen LogP contribution < -0.4 is 4.74 Å². The molecule has 0 spiro atoms. The Morgan fingerprint density at radius 1 is 1.14 bits per heavy atom. The number of likely N-dealkylation sites (tertiary alicyclic amines) is 1. The molecule has 1 amide bonds. The predicted octanol–water partition coefficient (Wildman–Crippen LogP) is 2.03. The van der Waals surface area contributed by atoms with Crippen LogP contribution in [0.3, 0.4) is 0 Å². The van der Waals surface area contributed by atoms with Gasteiger partial charge in [-0.25, -0.2) is 9.97 Å². The highest BCUT2D eigenvalue weighted by atomic mass is 16.5. The molecule has 3 aromatic rings. The number of benzene rings is 1. The Balaban J connectivity index is 1.39. The zero-order chi connectivity index (χ0) is 20.2. The fourth-order valence-electron chi connectivity index (χ4n) is 3.81. The zero-order valence-corrected chi connectivity index (χ0v) is 16.4. The fourth-order valence-corrected chi connectivity index (χ4v) is 3.81. The maximum absolute atomic E-state index is 12.7. The number of pyridine rings is 1. The molecule has 1 aliphatic heterocycles. The van der Waals surface area contributed by atoms with Gasteiger partial charge in [0, 0.05) is 44.2 Å². The van der Waals surface area contributed by atoms with Gasteiger partial charge in [-0.3, -0.25) is 9.78 Å². The van der Waals surface area contributed by atoms with Crippen LogP contribution in [0.1, 0.15) is 17.7 Å². The molecule has 1 saturated heterocycles. The standard InChI is InChI=1S/C22H24N4O3/c1-29-22-19(24-17-4-2-3-5-18(17)25-22)6-7-21(28)26-13-16(20(27)14-26)12-15-8-10-23-11-9-15/h2-5,8-11,16,20,27H,6-7,12-14H2,1H3/t16-,20-/m1/s1. The number of β-amino-alcohol motifs (C(OH)–C–C–N with tert-alkyl or cyclic N) is 1. The molecule has 1 aliphatic rings. The number of fused-ring (bicyclic) bond motifs is 1. The molecular weight excluding hydrogens is 368 g/mol. The van der Waals surface area contributed by atoms with Crippen LogP contribution in [0.5, 0.6) is 5.88 Å². The molecule has 1 N–H and O–H groups in total. The second kappa shape index (κ2) is 8.53. The van der Waals surface area contributed by atoms with Gasteiger partial charge in [0.15, 0.2) is 0 Å². The molecule has 150 valence electrons. The van der Waals surface area contributed by atoms with Crippen molar-refractivity contribution in [2.24, 2.45) is 5.92 Å². The second-order valence-electron chi connectivity index (χ2n) is 7.35. The highest BCUT2D eigenvalue weighted by Crippen LogP contribution is 2.24. The molecule has 2 atom stereocenters. The third-order valence-corrected chi connectivity index (χ3v) is 5.38. The first-order chi connectivity index (χ1) is 14.1. The SMILES string of the molecule is COc1nc2ccccc2nc1CCC(=O)N1C[C@@H](Cc2ccncc2)[C@H](O)C1. The Labute approximate surface area is 169 Å². The number of aliphatic hydroxyl groups excluding tert-OH is 1. The van der Waals surface area contributed by atoms with E-state index in [4.69, 9.17) is 4.74 Å². The van der Waals surface area contributed by atoms with Gasteiger partial charge in [-0.05, 0) is 36.2 Å². The van der Waals surface area contributed by atoms with E-state index in [0.717, 1.165) is 23.0 Å². The molecule has 2 aromatic heterocycles. The molecule has 0 unspecified atom stereocenters. The lowest BCUT2D eigenvalue weighted by atomic mass is 9.97. The quantitative estimate of drug-likeness (QED) is 0.691. The number of aliphatic hydroxyl groups is 1. The number of nitrogens with zero attached hydrogens (tertiary/aromatic N) is 4. The number of methoxy groups -OCH3 is 1. The number of rotatable bonds is 6. The predicted molar refractivity (Wildman–Crippen MR) is 108 cm³/mol. The number of amides is 1. The molecule has 0 radical (unpaired) electrons. The first-order valence-electron chi connectivity index (χ1n) is 9.78. The Morgan fingerprint density at radius 3 is 2.59 bits per heavy atom. The van der Waals surface area contributed by atoms with E-state index in [1.165, 1.54) is 0 Å². The Morgan fingerprint density at radius 2 is 1.86 bits per heavy atom. The molecule has 0 saturated carbocycles. The Hall–Kier alpha value is -3.06. The average molecular weight is 392 g/mol. The average Bonchev–Trinajstić information content (AvgIpc) is 3.12. The summed E-state index contributed by atoms with van der Waals surface area (Å²) >= 11 is 0. The second-order valence-corrected chi connectivity index (χ2v) is 7.35. The van der Waals surface area contributed by atoms with Crippen LogP contribution in [0.4, 0.5) is 0 Å². The number of para-hydroxylation sites is 2. The molecule has 0 aliphatic carbocycles. The third-order valence-electron chi connectivity index (χ3n) is 5.38. The van der Waals surface area contributed by atoms with Crippen molar-refractivity contribution in [1.82, 2.24) is 19.9 Å². The van der Waals surface area contributed by atoms with Gasteiger partial charge in [-0.1, -0.05) is 12.1 Å². The van der Waals surface area contributed by atoms with Crippen LogP contribution in [0.15, 0.2) is 48.8 Å². The molecule has 1 fully saturated rings. The van der Waals surface area contributed by atoms with Crippen molar-refractivity contribution in [1.29, 1.82) is 0 Å². The van der Waals surface area contributed by atoms with Gasteiger partial charge in [0.1, 0.15) is 5.69 Å². The van der Waals surface area contributed by atoms with Crippen LogP contribution in [0.25, 0.3) is 11.0 Å². The summed E-state index contributed by atoms with van der Waals surface area (Å²) in [5.41, 5.74) is 3.34. The first kappa shape index (κ1) is 19.3. The van der Waals surface area contributed by atoms with E-state index in [2.05, 4.69) is 15.0 Å². The number of ether oxygens (including phenoxy) is 1. The number of hydrogen-bond donors (Lipinski definition) is 1. The number of hydrogen-bond acceptors (Lipinski definition) is 6. The summed E-state index contributed by atoms with van der Waals surface area (Å²) in [5, 5.41) is 10.4. The van der Waals surface area contributed by atoms with Crippen molar-refractivity contribution in [2.75, 3.05) is 20.2 Å². The van der Waals surface area contributed by atoms with Gasteiger partial charge in [0.25, 0.3) is 0 Å². The summed E-state index contributed by atoms with van der Waals surface area (Å²) in [4.78, 5) is 27.6. The molecule has 7 nitrogen and oxygen atoms in total. The molecular formula is C22H24N4O3. The summed E-state index contributed by atoms with van der Waals surface area (Å²) in [6.07, 6.45) is 4.47. The summed E-state index contributed by atoms with van der Waals surface area (Å²) in [6.45, 7) is 0.929. The highest BCUT2D eigenvalue weighted by Gasteiger charge is 2.33. The number of carbonyl (C=O) groups is 1. The van der Waals surface area contributed by atoms with Crippen molar-refractivity contribution < 1.29 is 14.6 Å². The summed E-state index contributed by atoms with van der Waals surface area (Å²) in [6, 6.07) is 11.5. The molecule has 0 bridgehead atoms. The topological polar surface area (TPSA) is 88.4 Å². The fraction of sp³-hybridized carbons (Fsp3) is 0.364. The van der Waals surface area contributed by atoms with Crippen molar-refractivity contribution in [3.8, 4) is 5.88 Å². The summed E-state index contributed by atoms with van der Waals surface area (Å²) < 4.78 is 5.37. The lowest BCUT2D eigenvalue weighted by Crippen LogP contribution is -2.29. The summed E-state index contributed by atoms with van der Waals surface area (Å²) in [5.74, 6) is 0.503. The molecule has 4 rings (SSSR count). The monoisotopic (exact) mass is 392 g/mol. The van der Waals surface area contributed by atoms with Gasteiger partial charge in [0.2, 0.25) is 11.8 Å². The Bertz CT molecular complexity index is 996. The van der Waals surface area contributed by atoms with E-state index in [9.17, 15) is 9.90 Å². The molecule has 29 heavy (non-hydrogen) atoms. The largest absolute Gasteiger partial charge is 0.480 e. The van der Waals surface area contributed by atoms with Gasteiger partial charge >= 0.3 is 0 Å². The van der Waals surface area contributed by atoms with E-state index >= 15 is 0 Å². The van der Waals surface area contributed by atoms with Gasteiger partial charge < -0.3 is 14.7 Å². The third kappa shape index (κ3) is 4.35. The van der Waals surface area contributed by atoms with Crippen molar-refractivity contribution in [3.63, 3.8) is 0 Å². The lowest BCUT2D eigenvalue weighted by Gasteiger charge is -2.16. The number of carbonyl (C=O) groups excluding carboxylic acids is 1. The normalized spacial score (nSPS) is 18.9. The summed E-state index contributed by atoms with van der Waals surface area (Å²) in [7, 11) is 1.56. The van der Waals surface area contributed by atoms with Crippen LogP contribution in [-0.2, 0) is 17.6 Å². The number of aryl methyl sites for hydroxylation is 1. The maximum Gasteiger partial charge on any atom is 0.235 e. The molecule has 3 heterocycles. The van der Waals surface area contributed by atoms with Crippen LogP contribution in [0.2, 0.25) is 0 Å². The first-order valence-corrected chi connectivity index (χ1v) is 9.78. The Kier molecular flexibility index (Phi) is 5.67. The van der Waals surface area contributed by atoms with Crippen molar-refractivity contribution in [2.45, 2.75) is 25.4 Å². The van der Waals surface area contributed by atoms with Gasteiger partial charge in [-0.2, -0.15) is 0 Å². The van der Waals surface area contributed by atoms with E-state index in [0.29, 0.717) is 37.5 Å². The van der Waals surface area contributed by atoms with Gasteiger partial charge in [-0.15, -0.1) is 0 Å². The number of aromatic nitrogens is 3. The van der Waals surface area contributed by atoms with Crippen molar-refractivity contribution >= 4 is 16.9 Å². The van der Waals surface area contributed by atoms with Gasteiger partial charge in [0.05, 0.1) is 24.2 Å². The minimum absolute atomic E-state index is 0.0123.